The maximum absolute atomic E-state index is 5.73. The molecule has 102 valence electrons. The van der Waals surface area contributed by atoms with Crippen molar-refractivity contribution in [3.63, 3.8) is 0 Å². The van der Waals surface area contributed by atoms with Crippen molar-refractivity contribution in [2.45, 2.75) is 20.4 Å². The van der Waals surface area contributed by atoms with Crippen LogP contribution in [0.1, 0.15) is 17.0 Å². The number of aromatic nitrogens is 4. The number of hydrogen-bond donors (Lipinski definition) is 2. The maximum Gasteiger partial charge on any atom is 0.203 e. The van der Waals surface area contributed by atoms with Gasteiger partial charge in [-0.3, -0.25) is 4.68 Å². The van der Waals surface area contributed by atoms with Crippen LogP contribution in [0.3, 0.4) is 0 Å². The number of rotatable bonds is 4. The number of methoxy groups -OCH3 is 1. The highest BCUT2D eigenvalue weighted by atomic mass is 16.5. The van der Waals surface area contributed by atoms with Crippen LogP contribution in [0.25, 0.3) is 0 Å². The molecule has 0 aromatic carbocycles. The van der Waals surface area contributed by atoms with Gasteiger partial charge in [-0.2, -0.15) is 5.10 Å². The minimum absolute atomic E-state index is 0.319. The van der Waals surface area contributed by atoms with E-state index < -0.39 is 0 Å². The summed E-state index contributed by atoms with van der Waals surface area (Å²) in [5.74, 6) is 1.36. The van der Waals surface area contributed by atoms with E-state index in [1.807, 2.05) is 25.6 Å². The van der Waals surface area contributed by atoms with Crippen molar-refractivity contribution in [3.05, 3.63) is 23.3 Å². The molecule has 7 heteroatoms. The zero-order valence-corrected chi connectivity index (χ0v) is 11.6. The Morgan fingerprint density at radius 2 is 2.11 bits per heavy atom. The highest BCUT2D eigenvalue weighted by Crippen LogP contribution is 2.27. The van der Waals surface area contributed by atoms with Gasteiger partial charge in [0.05, 0.1) is 12.8 Å². The summed E-state index contributed by atoms with van der Waals surface area (Å²) < 4.78 is 7.06. The van der Waals surface area contributed by atoms with Crippen LogP contribution in [0, 0.1) is 13.8 Å². The Labute approximate surface area is 111 Å². The van der Waals surface area contributed by atoms with Crippen LogP contribution in [-0.2, 0) is 13.6 Å². The van der Waals surface area contributed by atoms with Gasteiger partial charge >= 0.3 is 0 Å². The number of aryl methyl sites for hydroxylation is 2. The Kier molecular flexibility index (Phi) is 3.55. The van der Waals surface area contributed by atoms with E-state index >= 15 is 0 Å². The molecule has 0 aliphatic heterocycles. The fourth-order valence-electron chi connectivity index (χ4n) is 1.96. The minimum atomic E-state index is 0.319. The fraction of sp³-hybridized carbons (Fsp3) is 0.417. The summed E-state index contributed by atoms with van der Waals surface area (Å²) in [6.45, 7) is 4.62. The molecule has 0 amide bonds. The van der Waals surface area contributed by atoms with Crippen molar-refractivity contribution < 1.29 is 4.74 Å². The Hall–Kier alpha value is -2.31. The second-order valence-electron chi connectivity index (χ2n) is 4.27. The van der Waals surface area contributed by atoms with Crippen LogP contribution < -0.4 is 15.8 Å². The normalized spacial score (nSPS) is 10.5. The third kappa shape index (κ3) is 2.44. The monoisotopic (exact) mass is 262 g/mol. The number of anilines is 2. The van der Waals surface area contributed by atoms with Crippen molar-refractivity contribution in [3.8, 4) is 5.75 Å². The summed E-state index contributed by atoms with van der Waals surface area (Å²) in [4.78, 5) is 8.03. The molecule has 2 rings (SSSR count). The molecular weight excluding hydrogens is 244 g/mol. The summed E-state index contributed by atoms with van der Waals surface area (Å²) in [7, 11) is 3.47. The Bertz CT molecular complexity index is 592. The zero-order valence-electron chi connectivity index (χ0n) is 11.6. The van der Waals surface area contributed by atoms with Gasteiger partial charge in [0.15, 0.2) is 11.6 Å². The molecule has 0 aliphatic rings. The van der Waals surface area contributed by atoms with Gasteiger partial charge in [0.25, 0.3) is 0 Å². The van der Waals surface area contributed by atoms with Crippen LogP contribution in [0.4, 0.5) is 11.6 Å². The summed E-state index contributed by atoms with van der Waals surface area (Å²) >= 11 is 0. The van der Waals surface area contributed by atoms with Gasteiger partial charge in [0.2, 0.25) is 5.75 Å². The number of nitrogens with one attached hydrogen (secondary N) is 1. The van der Waals surface area contributed by atoms with E-state index in [1.165, 1.54) is 6.33 Å². The summed E-state index contributed by atoms with van der Waals surface area (Å²) in [6, 6.07) is 0. The van der Waals surface area contributed by atoms with E-state index in [0.717, 1.165) is 17.0 Å². The third-order valence-corrected chi connectivity index (χ3v) is 3.13. The molecule has 0 saturated heterocycles. The van der Waals surface area contributed by atoms with Gasteiger partial charge in [-0.05, 0) is 13.8 Å². The second kappa shape index (κ2) is 5.13. The first-order chi connectivity index (χ1) is 9.04. The first-order valence-corrected chi connectivity index (χ1v) is 5.92. The Balaban J connectivity index is 2.21. The molecular formula is C12H18N6O. The molecule has 0 spiro atoms. The van der Waals surface area contributed by atoms with Crippen LogP contribution in [0.15, 0.2) is 6.33 Å². The first-order valence-electron chi connectivity index (χ1n) is 5.92. The average Bonchev–Trinajstić information content (AvgIpc) is 2.61. The van der Waals surface area contributed by atoms with E-state index in [2.05, 4.69) is 20.4 Å². The molecule has 2 heterocycles. The Morgan fingerprint density at radius 3 is 2.68 bits per heavy atom. The number of nitrogens with two attached hydrogens (primary N) is 1. The lowest BCUT2D eigenvalue weighted by atomic mass is 10.2. The summed E-state index contributed by atoms with van der Waals surface area (Å²) in [6.07, 6.45) is 1.41. The largest absolute Gasteiger partial charge is 0.490 e. The molecule has 19 heavy (non-hydrogen) atoms. The highest BCUT2D eigenvalue weighted by Gasteiger charge is 2.12. The number of nitrogen functional groups attached to an aromatic ring is 1. The number of ether oxygens (including phenoxy) is 1. The maximum atomic E-state index is 5.73. The number of hydrogen-bond acceptors (Lipinski definition) is 6. The lowest BCUT2D eigenvalue weighted by molar-refractivity contribution is 0.415. The molecule has 7 nitrogen and oxygen atoms in total. The van der Waals surface area contributed by atoms with Crippen LogP contribution in [-0.4, -0.2) is 26.9 Å². The zero-order chi connectivity index (χ0) is 14.0. The van der Waals surface area contributed by atoms with Gasteiger partial charge in [-0.25, -0.2) is 9.97 Å². The van der Waals surface area contributed by atoms with Gasteiger partial charge in [-0.1, -0.05) is 0 Å². The quantitative estimate of drug-likeness (QED) is 0.855. The van der Waals surface area contributed by atoms with E-state index in [1.54, 1.807) is 7.11 Å². The molecule has 2 aromatic heterocycles. The van der Waals surface area contributed by atoms with Crippen molar-refractivity contribution in [2.24, 2.45) is 7.05 Å². The Morgan fingerprint density at radius 1 is 1.37 bits per heavy atom. The predicted octanol–water partition coefficient (Wildman–Crippen LogP) is 1.03. The molecule has 0 bridgehead atoms. The second-order valence-corrected chi connectivity index (χ2v) is 4.27. The van der Waals surface area contributed by atoms with E-state index in [4.69, 9.17) is 10.5 Å². The van der Waals surface area contributed by atoms with E-state index in [0.29, 0.717) is 23.9 Å². The van der Waals surface area contributed by atoms with Gasteiger partial charge < -0.3 is 15.8 Å². The van der Waals surface area contributed by atoms with Gasteiger partial charge in [0, 0.05) is 24.8 Å². The smallest absolute Gasteiger partial charge is 0.203 e. The molecule has 0 radical (unpaired) electrons. The highest BCUT2D eigenvalue weighted by molar-refractivity contribution is 5.61. The third-order valence-electron chi connectivity index (χ3n) is 3.13. The molecule has 0 unspecified atom stereocenters. The molecule has 0 aliphatic carbocycles. The van der Waals surface area contributed by atoms with Crippen molar-refractivity contribution in [1.82, 2.24) is 19.7 Å². The van der Waals surface area contributed by atoms with Crippen LogP contribution >= 0.6 is 0 Å². The first kappa shape index (κ1) is 13.1. The standard InChI is InChI=1S/C12H18N6O/c1-7-9(8(2)18(3)17-7)5-14-12-10(19-4)11(13)15-6-16-12/h6H,5H2,1-4H3,(H3,13,14,15,16). The minimum Gasteiger partial charge on any atom is -0.490 e. The van der Waals surface area contributed by atoms with Gasteiger partial charge in [0.1, 0.15) is 6.33 Å². The van der Waals surface area contributed by atoms with E-state index in [-0.39, 0.29) is 0 Å². The van der Waals surface area contributed by atoms with Crippen molar-refractivity contribution >= 4 is 11.6 Å². The van der Waals surface area contributed by atoms with Crippen molar-refractivity contribution in [1.29, 1.82) is 0 Å². The summed E-state index contributed by atoms with van der Waals surface area (Å²) in [5.41, 5.74) is 8.98. The lowest BCUT2D eigenvalue weighted by Gasteiger charge is -2.11. The SMILES string of the molecule is COc1c(N)ncnc1NCc1c(C)nn(C)c1C. The predicted molar refractivity (Wildman–Crippen MR) is 73.0 cm³/mol. The summed E-state index contributed by atoms with van der Waals surface area (Å²) in [5, 5.41) is 7.58. The van der Waals surface area contributed by atoms with Gasteiger partial charge in [-0.15, -0.1) is 0 Å². The molecule has 2 aromatic rings. The van der Waals surface area contributed by atoms with E-state index in [9.17, 15) is 0 Å². The molecule has 0 atom stereocenters. The lowest BCUT2D eigenvalue weighted by Crippen LogP contribution is -2.07. The van der Waals surface area contributed by atoms with Crippen LogP contribution in [0.5, 0.6) is 5.75 Å². The topological polar surface area (TPSA) is 90.9 Å². The number of nitrogens with zero attached hydrogens (tertiary/aromatic N) is 4. The molecule has 3 N–H and O–H groups in total. The fourth-order valence-corrected chi connectivity index (χ4v) is 1.96. The molecule has 0 fully saturated rings. The average molecular weight is 262 g/mol. The molecule has 0 saturated carbocycles. The van der Waals surface area contributed by atoms with Crippen molar-refractivity contribution in [2.75, 3.05) is 18.2 Å². The van der Waals surface area contributed by atoms with Crippen LogP contribution in [0.2, 0.25) is 0 Å².